The Hall–Kier alpha value is -2.96. The van der Waals surface area contributed by atoms with Crippen molar-refractivity contribution < 1.29 is 19.9 Å². The van der Waals surface area contributed by atoms with Gasteiger partial charge in [0.2, 0.25) is 5.91 Å². The molecule has 6 heteroatoms. The van der Waals surface area contributed by atoms with Gasteiger partial charge in [0.1, 0.15) is 6.04 Å². The number of aliphatic hydroxyl groups is 1. The second-order valence-electron chi connectivity index (χ2n) is 5.52. The zero-order valence-corrected chi connectivity index (χ0v) is 13.7. The highest BCUT2D eigenvalue weighted by atomic mass is 16.5. The van der Waals surface area contributed by atoms with Crippen molar-refractivity contribution in [3.8, 4) is 11.1 Å². The summed E-state index contributed by atoms with van der Waals surface area (Å²) in [6.07, 6.45) is 1.71. The summed E-state index contributed by atoms with van der Waals surface area (Å²) in [5, 5.41) is 20.4. The smallest absolute Gasteiger partial charge is 0.268 e. The van der Waals surface area contributed by atoms with Crippen LogP contribution in [0.25, 0.3) is 17.2 Å². The molecule has 0 unspecified atom stereocenters. The quantitative estimate of drug-likeness (QED) is 0.366. The van der Waals surface area contributed by atoms with Crippen LogP contribution in [0.15, 0.2) is 60.7 Å². The predicted octanol–water partition coefficient (Wildman–Crippen LogP) is 1.74. The van der Waals surface area contributed by atoms with Crippen LogP contribution in [-0.4, -0.2) is 34.3 Å². The zero-order chi connectivity index (χ0) is 18.2. The molecule has 0 saturated heterocycles. The van der Waals surface area contributed by atoms with Crippen molar-refractivity contribution in [1.82, 2.24) is 10.8 Å². The molecule has 6 nitrogen and oxygen atoms in total. The van der Waals surface area contributed by atoms with Gasteiger partial charge in [-0.3, -0.25) is 14.8 Å². The first kappa shape index (κ1) is 18.4. The first-order valence-electron chi connectivity index (χ1n) is 7.77. The number of rotatable bonds is 6. The summed E-state index contributed by atoms with van der Waals surface area (Å²) >= 11 is 0. The molecule has 0 aliphatic heterocycles. The van der Waals surface area contributed by atoms with Crippen molar-refractivity contribution in [2.75, 3.05) is 0 Å². The minimum atomic E-state index is -1.23. The van der Waals surface area contributed by atoms with Gasteiger partial charge in [-0.2, -0.15) is 0 Å². The summed E-state index contributed by atoms with van der Waals surface area (Å²) in [5.74, 6) is -1.44. The molecule has 2 aromatic rings. The van der Waals surface area contributed by atoms with Crippen LogP contribution in [0.3, 0.4) is 0 Å². The molecule has 2 aromatic carbocycles. The fraction of sp³-hybridized carbons (Fsp3) is 0.158. The van der Waals surface area contributed by atoms with Gasteiger partial charge in [-0.25, -0.2) is 5.48 Å². The van der Waals surface area contributed by atoms with Crippen molar-refractivity contribution in [1.29, 1.82) is 0 Å². The van der Waals surface area contributed by atoms with Gasteiger partial charge in [0.05, 0.1) is 6.10 Å². The molecule has 25 heavy (non-hydrogen) atoms. The molecule has 0 radical (unpaired) electrons. The number of benzene rings is 2. The third kappa shape index (κ3) is 5.27. The van der Waals surface area contributed by atoms with E-state index in [0.29, 0.717) is 0 Å². The maximum atomic E-state index is 11.9. The first-order valence-corrected chi connectivity index (χ1v) is 7.77. The Morgan fingerprint density at radius 1 is 1.00 bits per heavy atom. The maximum Gasteiger partial charge on any atom is 0.268 e. The monoisotopic (exact) mass is 340 g/mol. The van der Waals surface area contributed by atoms with Gasteiger partial charge in [-0.15, -0.1) is 0 Å². The van der Waals surface area contributed by atoms with Gasteiger partial charge < -0.3 is 10.4 Å². The van der Waals surface area contributed by atoms with E-state index in [1.807, 2.05) is 54.6 Å². The Balaban J connectivity index is 2.01. The van der Waals surface area contributed by atoms with Crippen LogP contribution in [0.5, 0.6) is 0 Å². The van der Waals surface area contributed by atoms with Crippen LogP contribution in [-0.2, 0) is 9.59 Å². The highest BCUT2D eigenvalue weighted by Crippen LogP contribution is 2.19. The van der Waals surface area contributed by atoms with E-state index < -0.39 is 24.0 Å². The van der Waals surface area contributed by atoms with E-state index in [2.05, 4.69) is 5.32 Å². The summed E-state index contributed by atoms with van der Waals surface area (Å²) in [6, 6.07) is 16.3. The van der Waals surface area contributed by atoms with Crippen LogP contribution in [0.2, 0.25) is 0 Å². The molecule has 4 N–H and O–H groups in total. The van der Waals surface area contributed by atoms with E-state index in [4.69, 9.17) is 5.21 Å². The standard InChI is InChI=1S/C19H20N2O4/c1-13(22)18(19(24)21-25)20-17(23)12-9-14-7-10-16(11-8-14)15-5-3-2-4-6-15/h2-13,18,22,25H,1H3,(H,20,23)(H,21,24)/t13-,18+/m1/s1. The van der Waals surface area contributed by atoms with Gasteiger partial charge in [0.15, 0.2) is 0 Å². The van der Waals surface area contributed by atoms with E-state index in [1.165, 1.54) is 18.5 Å². The Morgan fingerprint density at radius 2 is 1.60 bits per heavy atom. The highest BCUT2D eigenvalue weighted by Gasteiger charge is 2.24. The average Bonchev–Trinajstić information content (AvgIpc) is 2.64. The van der Waals surface area contributed by atoms with E-state index in [0.717, 1.165) is 16.7 Å². The van der Waals surface area contributed by atoms with E-state index in [-0.39, 0.29) is 0 Å². The highest BCUT2D eigenvalue weighted by molar-refractivity contribution is 5.95. The summed E-state index contributed by atoms with van der Waals surface area (Å²) in [5.41, 5.74) is 4.39. The topological polar surface area (TPSA) is 98.7 Å². The molecule has 0 aromatic heterocycles. The number of carbonyl (C=O) groups is 2. The van der Waals surface area contributed by atoms with Crippen molar-refractivity contribution in [3.05, 3.63) is 66.2 Å². The second kappa shape index (κ2) is 8.77. The van der Waals surface area contributed by atoms with E-state index in [9.17, 15) is 14.7 Å². The number of carbonyl (C=O) groups excluding carboxylic acids is 2. The minimum absolute atomic E-state index is 0.554. The third-order valence-corrected chi connectivity index (χ3v) is 3.62. The van der Waals surface area contributed by atoms with Crippen molar-refractivity contribution in [2.24, 2.45) is 0 Å². The molecular weight excluding hydrogens is 320 g/mol. The molecule has 130 valence electrons. The molecule has 0 spiro atoms. The Kier molecular flexibility index (Phi) is 6.45. The Labute approximate surface area is 145 Å². The Bertz CT molecular complexity index is 740. The molecule has 2 amide bonds. The predicted molar refractivity (Wildman–Crippen MR) is 94.5 cm³/mol. The lowest BCUT2D eigenvalue weighted by Crippen LogP contribution is -2.51. The summed E-state index contributed by atoms with van der Waals surface area (Å²) in [6.45, 7) is 1.34. The van der Waals surface area contributed by atoms with E-state index >= 15 is 0 Å². The molecule has 0 saturated carbocycles. The molecule has 0 bridgehead atoms. The molecular formula is C19H20N2O4. The lowest BCUT2D eigenvalue weighted by molar-refractivity contribution is -0.136. The maximum absolute atomic E-state index is 11.9. The number of hydroxylamine groups is 1. The molecule has 0 aliphatic rings. The number of nitrogens with one attached hydrogen (secondary N) is 2. The van der Waals surface area contributed by atoms with Gasteiger partial charge in [0, 0.05) is 6.08 Å². The number of hydrogen-bond donors (Lipinski definition) is 4. The van der Waals surface area contributed by atoms with E-state index in [1.54, 1.807) is 6.08 Å². The SMILES string of the molecule is C[C@@H](O)[C@H](NC(=O)C=Cc1ccc(-c2ccccc2)cc1)C(=O)NO. The van der Waals surface area contributed by atoms with Crippen molar-refractivity contribution in [3.63, 3.8) is 0 Å². The zero-order valence-electron chi connectivity index (χ0n) is 13.7. The second-order valence-corrected chi connectivity index (χ2v) is 5.52. The summed E-state index contributed by atoms with van der Waals surface area (Å²) in [7, 11) is 0. The minimum Gasteiger partial charge on any atom is -0.391 e. The average molecular weight is 340 g/mol. The fourth-order valence-corrected chi connectivity index (χ4v) is 2.27. The van der Waals surface area contributed by atoms with Crippen LogP contribution >= 0.6 is 0 Å². The lowest BCUT2D eigenvalue weighted by atomic mass is 10.0. The van der Waals surface area contributed by atoms with Crippen LogP contribution in [0.1, 0.15) is 12.5 Å². The first-order chi connectivity index (χ1) is 12.0. The van der Waals surface area contributed by atoms with Crippen LogP contribution in [0.4, 0.5) is 0 Å². The summed E-state index contributed by atoms with van der Waals surface area (Å²) in [4.78, 5) is 23.2. The van der Waals surface area contributed by atoms with Crippen LogP contribution < -0.4 is 10.8 Å². The van der Waals surface area contributed by atoms with Crippen molar-refractivity contribution >= 4 is 17.9 Å². The molecule has 2 atom stereocenters. The number of hydrogen-bond acceptors (Lipinski definition) is 4. The fourth-order valence-electron chi connectivity index (χ4n) is 2.27. The normalized spacial score (nSPS) is 13.2. The number of amides is 2. The molecule has 2 rings (SSSR count). The van der Waals surface area contributed by atoms with Crippen molar-refractivity contribution in [2.45, 2.75) is 19.1 Å². The van der Waals surface area contributed by atoms with Gasteiger partial charge in [-0.1, -0.05) is 54.6 Å². The summed E-state index contributed by atoms with van der Waals surface area (Å²) < 4.78 is 0. The molecule has 0 fully saturated rings. The third-order valence-electron chi connectivity index (χ3n) is 3.62. The number of aliphatic hydroxyl groups excluding tert-OH is 1. The van der Waals surface area contributed by atoms with Gasteiger partial charge in [-0.05, 0) is 29.7 Å². The molecule has 0 aliphatic carbocycles. The Morgan fingerprint density at radius 3 is 2.16 bits per heavy atom. The van der Waals surface area contributed by atoms with Gasteiger partial charge >= 0.3 is 0 Å². The largest absolute Gasteiger partial charge is 0.391 e. The van der Waals surface area contributed by atoms with Gasteiger partial charge in [0.25, 0.3) is 5.91 Å². The van der Waals surface area contributed by atoms with Crippen LogP contribution in [0, 0.1) is 0 Å². The lowest BCUT2D eigenvalue weighted by Gasteiger charge is -2.18. The molecule has 0 heterocycles.